The molecule has 0 bridgehead atoms. The van der Waals surface area contributed by atoms with Gasteiger partial charge in [-0.25, -0.2) is 4.79 Å². The first kappa shape index (κ1) is 10.1. The molecule has 4 heteroatoms. The first-order chi connectivity index (χ1) is 8.24. The van der Waals surface area contributed by atoms with E-state index in [0.717, 1.165) is 35.6 Å². The van der Waals surface area contributed by atoms with Gasteiger partial charge in [0.2, 0.25) is 0 Å². The second-order valence-corrected chi connectivity index (χ2v) is 4.29. The van der Waals surface area contributed by atoms with Gasteiger partial charge >= 0.3 is 5.69 Å². The highest BCUT2D eigenvalue weighted by molar-refractivity contribution is 5.70. The maximum atomic E-state index is 11.5. The molecule has 1 aromatic carbocycles. The van der Waals surface area contributed by atoms with Crippen LogP contribution in [0, 0.1) is 6.92 Å². The minimum atomic E-state index is -0.297. The van der Waals surface area contributed by atoms with Gasteiger partial charge in [0.25, 0.3) is 0 Å². The van der Waals surface area contributed by atoms with Crippen molar-refractivity contribution in [2.24, 2.45) is 0 Å². The predicted octanol–water partition coefficient (Wildman–Crippen LogP) is 1.71. The van der Waals surface area contributed by atoms with Crippen LogP contribution < -0.4 is 11.0 Å². The highest BCUT2D eigenvalue weighted by Gasteiger charge is 2.18. The van der Waals surface area contributed by atoms with Crippen LogP contribution in [0.15, 0.2) is 29.1 Å². The van der Waals surface area contributed by atoms with E-state index < -0.39 is 0 Å². The average Bonchev–Trinajstić information content (AvgIpc) is 2.75. The summed E-state index contributed by atoms with van der Waals surface area (Å²) in [6, 6.07) is 8.13. The Labute approximate surface area is 98.7 Å². The SMILES string of the molecule is Cc1cccc(-c2[nH]c(=O)nc3c2CCN3)c1. The molecular formula is C13H13N3O. The van der Waals surface area contributed by atoms with Crippen molar-refractivity contribution in [3.05, 3.63) is 45.9 Å². The summed E-state index contributed by atoms with van der Waals surface area (Å²) >= 11 is 0. The van der Waals surface area contributed by atoms with Crippen molar-refractivity contribution < 1.29 is 0 Å². The van der Waals surface area contributed by atoms with Gasteiger partial charge < -0.3 is 10.3 Å². The summed E-state index contributed by atoms with van der Waals surface area (Å²) in [4.78, 5) is 18.3. The van der Waals surface area contributed by atoms with E-state index in [-0.39, 0.29) is 5.69 Å². The molecule has 2 aromatic rings. The quantitative estimate of drug-likeness (QED) is 0.779. The Kier molecular flexibility index (Phi) is 2.21. The lowest BCUT2D eigenvalue weighted by Gasteiger charge is -2.07. The maximum Gasteiger partial charge on any atom is 0.347 e. The molecule has 2 heterocycles. The van der Waals surface area contributed by atoms with Crippen LogP contribution in [-0.4, -0.2) is 16.5 Å². The van der Waals surface area contributed by atoms with E-state index >= 15 is 0 Å². The van der Waals surface area contributed by atoms with Crippen LogP contribution in [-0.2, 0) is 6.42 Å². The number of benzene rings is 1. The predicted molar refractivity (Wildman–Crippen MR) is 67.2 cm³/mol. The van der Waals surface area contributed by atoms with Crippen LogP contribution in [0.3, 0.4) is 0 Å². The summed E-state index contributed by atoms with van der Waals surface area (Å²) in [7, 11) is 0. The molecule has 4 nitrogen and oxygen atoms in total. The van der Waals surface area contributed by atoms with Crippen LogP contribution in [0.25, 0.3) is 11.3 Å². The Morgan fingerprint density at radius 2 is 2.24 bits per heavy atom. The lowest BCUT2D eigenvalue weighted by atomic mass is 10.0. The molecule has 0 radical (unpaired) electrons. The zero-order valence-electron chi connectivity index (χ0n) is 9.58. The Morgan fingerprint density at radius 3 is 3.06 bits per heavy atom. The van der Waals surface area contributed by atoms with Gasteiger partial charge in [0.1, 0.15) is 5.82 Å². The van der Waals surface area contributed by atoms with E-state index in [0.29, 0.717) is 0 Å². The molecule has 17 heavy (non-hydrogen) atoms. The van der Waals surface area contributed by atoms with Crippen LogP contribution in [0.5, 0.6) is 0 Å². The number of rotatable bonds is 1. The zero-order valence-corrected chi connectivity index (χ0v) is 9.58. The number of hydrogen-bond acceptors (Lipinski definition) is 3. The molecular weight excluding hydrogens is 214 g/mol. The topological polar surface area (TPSA) is 57.8 Å². The minimum Gasteiger partial charge on any atom is -0.369 e. The van der Waals surface area contributed by atoms with E-state index in [4.69, 9.17) is 0 Å². The van der Waals surface area contributed by atoms with Crippen molar-refractivity contribution in [3.8, 4) is 11.3 Å². The number of H-pyrrole nitrogens is 1. The third kappa shape index (κ3) is 1.71. The molecule has 0 atom stereocenters. The third-order valence-electron chi connectivity index (χ3n) is 3.01. The summed E-state index contributed by atoms with van der Waals surface area (Å²) < 4.78 is 0. The van der Waals surface area contributed by atoms with Gasteiger partial charge in [0.05, 0.1) is 5.69 Å². The molecule has 0 spiro atoms. The molecule has 1 aliphatic heterocycles. The van der Waals surface area contributed by atoms with Crippen molar-refractivity contribution in [2.75, 3.05) is 11.9 Å². The van der Waals surface area contributed by atoms with E-state index in [2.05, 4.69) is 21.4 Å². The summed E-state index contributed by atoms with van der Waals surface area (Å²) in [5.74, 6) is 0.727. The summed E-state index contributed by atoms with van der Waals surface area (Å²) in [5, 5.41) is 3.13. The number of anilines is 1. The first-order valence-electron chi connectivity index (χ1n) is 5.68. The third-order valence-corrected chi connectivity index (χ3v) is 3.01. The number of aromatic nitrogens is 2. The molecule has 0 unspecified atom stereocenters. The van der Waals surface area contributed by atoms with Crippen LogP contribution in [0.4, 0.5) is 5.82 Å². The Balaban J connectivity index is 2.24. The molecule has 1 aromatic heterocycles. The summed E-state index contributed by atoms with van der Waals surface area (Å²) in [6.07, 6.45) is 0.905. The summed E-state index contributed by atoms with van der Waals surface area (Å²) in [6.45, 7) is 2.89. The van der Waals surface area contributed by atoms with Gasteiger partial charge in [-0.1, -0.05) is 23.8 Å². The van der Waals surface area contributed by atoms with Crippen molar-refractivity contribution in [1.82, 2.24) is 9.97 Å². The standard InChI is InChI=1S/C13H13N3O/c1-8-3-2-4-9(7-8)11-10-5-6-14-12(10)16-13(17)15-11/h2-4,7H,5-6H2,1H3,(H2,14,15,16,17). The normalized spacial score (nSPS) is 13.2. The molecule has 3 rings (SSSR count). The fourth-order valence-corrected chi connectivity index (χ4v) is 2.24. The zero-order chi connectivity index (χ0) is 11.8. The molecule has 86 valence electrons. The van der Waals surface area contributed by atoms with Crippen molar-refractivity contribution in [2.45, 2.75) is 13.3 Å². The molecule has 0 fully saturated rings. The lowest BCUT2D eigenvalue weighted by molar-refractivity contribution is 1.06. The van der Waals surface area contributed by atoms with Crippen molar-refractivity contribution in [1.29, 1.82) is 0 Å². The fraction of sp³-hybridized carbons (Fsp3) is 0.231. The summed E-state index contributed by atoms with van der Waals surface area (Å²) in [5.41, 5.74) is 3.93. The molecule has 2 N–H and O–H groups in total. The number of aryl methyl sites for hydroxylation is 1. The number of nitrogens with zero attached hydrogens (tertiary/aromatic N) is 1. The molecule has 0 amide bonds. The van der Waals surface area contributed by atoms with Gasteiger partial charge in [-0.15, -0.1) is 0 Å². The fourth-order valence-electron chi connectivity index (χ4n) is 2.24. The molecule has 0 aliphatic carbocycles. The van der Waals surface area contributed by atoms with Gasteiger partial charge in [-0.05, 0) is 25.0 Å². The number of fused-ring (bicyclic) bond motifs is 1. The van der Waals surface area contributed by atoms with Gasteiger partial charge in [0.15, 0.2) is 0 Å². The van der Waals surface area contributed by atoms with Crippen molar-refractivity contribution >= 4 is 5.82 Å². The average molecular weight is 227 g/mol. The molecule has 1 aliphatic rings. The van der Waals surface area contributed by atoms with E-state index in [1.54, 1.807) is 0 Å². The highest BCUT2D eigenvalue weighted by atomic mass is 16.1. The second kappa shape index (κ2) is 3.73. The minimum absolute atomic E-state index is 0.297. The molecule has 0 saturated heterocycles. The maximum absolute atomic E-state index is 11.5. The Morgan fingerprint density at radius 1 is 1.35 bits per heavy atom. The number of aromatic amines is 1. The largest absolute Gasteiger partial charge is 0.369 e. The van der Waals surface area contributed by atoms with Crippen LogP contribution in [0.1, 0.15) is 11.1 Å². The monoisotopic (exact) mass is 227 g/mol. The number of hydrogen-bond donors (Lipinski definition) is 2. The van der Waals surface area contributed by atoms with Gasteiger partial charge in [-0.2, -0.15) is 4.98 Å². The Hall–Kier alpha value is -2.10. The van der Waals surface area contributed by atoms with Crippen LogP contribution in [0.2, 0.25) is 0 Å². The van der Waals surface area contributed by atoms with E-state index in [1.165, 1.54) is 5.56 Å². The smallest absolute Gasteiger partial charge is 0.347 e. The Bertz CT molecular complexity index is 631. The van der Waals surface area contributed by atoms with Gasteiger partial charge in [-0.3, -0.25) is 0 Å². The molecule has 0 saturated carbocycles. The van der Waals surface area contributed by atoms with Crippen molar-refractivity contribution in [3.63, 3.8) is 0 Å². The van der Waals surface area contributed by atoms with Crippen LogP contribution >= 0.6 is 0 Å². The number of nitrogens with one attached hydrogen (secondary N) is 2. The first-order valence-corrected chi connectivity index (χ1v) is 5.68. The highest BCUT2D eigenvalue weighted by Crippen LogP contribution is 2.28. The van der Waals surface area contributed by atoms with E-state index in [9.17, 15) is 4.79 Å². The lowest BCUT2D eigenvalue weighted by Crippen LogP contribution is -2.13. The second-order valence-electron chi connectivity index (χ2n) is 4.29. The van der Waals surface area contributed by atoms with Gasteiger partial charge in [0, 0.05) is 12.1 Å². The van der Waals surface area contributed by atoms with E-state index in [1.807, 2.05) is 25.1 Å².